The number of rotatable bonds is 5. The average Bonchev–Trinajstić information content (AvgIpc) is 2.32. The van der Waals surface area contributed by atoms with E-state index in [0.717, 1.165) is 18.4 Å². The lowest BCUT2D eigenvalue weighted by molar-refractivity contribution is -0.140. The number of hydrogen-bond donors (Lipinski definition) is 1. The predicted molar refractivity (Wildman–Crippen MR) is 74.7 cm³/mol. The second-order valence-corrected chi connectivity index (χ2v) is 5.83. The Kier molecular flexibility index (Phi) is 5.20. The van der Waals surface area contributed by atoms with Crippen LogP contribution in [-0.4, -0.2) is 18.2 Å². The molecule has 0 aliphatic carbocycles. The van der Waals surface area contributed by atoms with E-state index in [2.05, 4.69) is 34.5 Å². The molecule has 0 spiro atoms. The first-order chi connectivity index (χ1) is 8.36. The van der Waals surface area contributed by atoms with Crippen molar-refractivity contribution in [2.45, 2.75) is 38.5 Å². The van der Waals surface area contributed by atoms with Crippen molar-refractivity contribution in [1.82, 2.24) is 0 Å². The van der Waals surface area contributed by atoms with Gasteiger partial charge >= 0.3 is 5.97 Å². The second-order valence-electron chi connectivity index (χ2n) is 4.98. The molecule has 0 saturated heterocycles. The third-order valence-corrected chi connectivity index (χ3v) is 3.81. The lowest BCUT2D eigenvalue weighted by Crippen LogP contribution is -2.17. The van der Waals surface area contributed by atoms with Gasteiger partial charge in [0.25, 0.3) is 0 Å². The van der Waals surface area contributed by atoms with E-state index in [4.69, 9.17) is 0 Å². The smallest absolute Gasteiger partial charge is 0.305 e. The molecule has 0 saturated carbocycles. The Labute approximate surface area is 116 Å². The van der Waals surface area contributed by atoms with Crippen LogP contribution in [0.2, 0.25) is 0 Å². The minimum absolute atomic E-state index is 0.0772. The maximum absolute atomic E-state index is 11.1. The van der Waals surface area contributed by atoms with Crippen molar-refractivity contribution in [3.8, 4) is 5.75 Å². The monoisotopic (exact) mass is 314 g/mol. The van der Waals surface area contributed by atoms with E-state index in [1.165, 1.54) is 7.11 Å². The lowest BCUT2D eigenvalue weighted by atomic mass is 9.80. The number of halogens is 1. The van der Waals surface area contributed by atoms with Gasteiger partial charge in [-0.1, -0.05) is 19.9 Å². The van der Waals surface area contributed by atoms with Crippen LogP contribution in [0.4, 0.5) is 0 Å². The molecule has 18 heavy (non-hydrogen) atoms. The molecule has 1 aromatic carbocycles. The third kappa shape index (κ3) is 4.02. The van der Waals surface area contributed by atoms with Gasteiger partial charge in [0.2, 0.25) is 0 Å². The van der Waals surface area contributed by atoms with Gasteiger partial charge in [-0.15, -0.1) is 0 Å². The summed E-state index contributed by atoms with van der Waals surface area (Å²) in [7, 11) is 1.40. The van der Waals surface area contributed by atoms with E-state index >= 15 is 0 Å². The maximum atomic E-state index is 11.1. The van der Waals surface area contributed by atoms with E-state index in [1.54, 1.807) is 6.07 Å². The van der Waals surface area contributed by atoms with Crippen LogP contribution < -0.4 is 0 Å². The fourth-order valence-corrected chi connectivity index (χ4v) is 2.10. The van der Waals surface area contributed by atoms with E-state index in [0.29, 0.717) is 10.9 Å². The highest BCUT2D eigenvalue weighted by molar-refractivity contribution is 9.10. The Hall–Kier alpha value is -1.03. The van der Waals surface area contributed by atoms with Gasteiger partial charge in [-0.2, -0.15) is 0 Å². The van der Waals surface area contributed by atoms with Crippen LogP contribution >= 0.6 is 15.9 Å². The number of hydrogen-bond acceptors (Lipinski definition) is 3. The fourth-order valence-electron chi connectivity index (χ4n) is 1.85. The van der Waals surface area contributed by atoms with E-state index < -0.39 is 0 Å². The SMILES string of the molecule is COC(=O)CCCC(C)(C)c1ccc(Br)c(O)c1. The van der Waals surface area contributed by atoms with Crippen LogP contribution in [0.15, 0.2) is 22.7 Å². The summed E-state index contributed by atoms with van der Waals surface area (Å²) < 4.78 is 5.31. The average molecular weight is 315 g/mol. The maximum Gasteiger partial charge on any atom is 0.305 e. The summed E-state index contributed by atoms with van der Waals surface area (Å²) in [5.41, 5.74) is 0.986. The zero-order valence-electron chi connectivity index (χ0n) is 11.0. The molecule has 0 aromatic heterocycles. The van der Waals surface area contributed by atoms with Crippen LogP contribution in [0.1, 0.15) is 38.7 Å². The minimum atomic E-state index is -0.176. The minimum Gasteiger partial charge on any atom is -0.507 e. The number of phenols is 1. The summed E-state index contributed by atoms with van der Waals surface area (Å²) in [6.45, 7) is 4.21. The normalized spacial score (nSPS) is 11.3. The van der Waals surface area contributed by atoms with E-state index in [1.807, 2.05) is 12.1 Å². The topological polar surface area (TPSA) is 46.5 Å². The molecule has 1 rings (SSSR count). The zero-order chi connectivity index (χ0) is 13.8. The molecule has 4 heteroatoms. The predicted octanol–water partition coefficient (Wildman–Crippen LogP) is 3.78. The van der Waals surface area contributed by atoms with Crippen LogP contribution in [0, 0.1) is 0 Å². The van der Waals surface area contributed by atoms with Crippen LogP contribution in [0.5, 0.6) is 5.75 Å². The van der Waals surface area contributed by atoms with Crippen LogP contribution in [0.3, 0.4) is 0 Å². The summed E-state index contributed by atoms with van der Waals surface area (Å²) >= 11 is 3.27. The summed E-state index contributed by atoms with van der Waals surface area (Å²) in [4.78, 5) is 11.1. The van der Waals surface area contributed by atoms with Crippen LogP contribution in [0.25, 0.3) is 0 Å². The first-order valence-electron chi connectivity index (χ1n) is 5.92. The highest BCUT2D eigenvalue weighted by Gasteiger charge is 2.21. The van der Waals surface area contributed by atoms with Gasteiger partial charge in [-0.05, 0) is 51.9 Å². The van der Waals surface area contributed by atoms with Gasteiger partial charge in [0.05, 0.1) is 11.6 Å². The second kappa shape index (κ2) is 6.23. The van der Waals surface area contributed by atoms with Gasteiger partial charge in [-0.3, -0.25) is 4.79 Å². The molecule has 1 N–H and O–H groups in total. The Bertz CT molecular complexity index is 427. The molecule has 100 valence electrons. The number of benzene rings is 1. The number of carbonyl (C=O) groups is 1. The molecule has 0 atom stereocenters. The zero-order valence-corrected chi connectivity index (χ0v) is 12.6. The molecule has 0 fully saturated rings. The van der Waals surface area contributed by atoms with Crippen molar-refractivity contribution in [1.29, 1.82) is 0 Å². The summed E-state index contributed by atoms with van der Waals surface area (Å²) in [5.74, 6) is 0.0676. The molecule has 0 heterocycles. The van der Waals surface area contributed by atoms with Crippen molar-refractivity contribution >= 4 is 21.9 Å². The number of methoxy groups -OCH3 is 1. The first kappa shape index (κ1) is 15.0. The Balaban J connectivity index is 2.67. The number of carbonyl (C=O) groups excluding carboxylic acids is 1. The Morgan fingerprint density at radius 3 is 2.67 bits per heavy atom. The van der Waals surface area contributed by atoms with E-state index in [-0.39, 0.29) is 17.1 Å². The first-order valence-corrected chi connectivity index (χ1v) is 6.72. The molecular weight excluding hydrogens is 296 g/mol. The van der Waals surface area contributed by atoms with Gasteiger partial charge < -0.3 is 9.84 Å². The summed E-state index contributed by atoms with van der Waals surface area (Å²) in [5, 5.41) is 9.69. The number of esters is 1. The van der Waals surface area contributed by atoms with Gasteiger partial charge in [0.15, 0.2) is 0 Å². The number of aromatic hydroxyl groups is 1. The molecule has 0 amide bonds. The van der Waals surface area contributed by atoms with E-state index in [9.17, 15) is 9.90 Å². The number of ether oxygens (including phenoxy) is 1. The van der Waals surface area contributed by atoms with Crippen molar-refractivity contribution in [3.05, 3.63) is 28.2 Å². The standard InChI is InChI=1S/C14H19BrO3/c1-14(2,8-4-5-13(17)18-3)10-6-7-11(15)12(16)9-10/h6-7,9,16H,4-5,8H2,1-3H3. The Morgan fingerprint density at radius 1 is 1.44 bits per heavy atom. The largest absolute Gasteiger partial charge is 0.507 e. The molecule has 1 aromatic rings. The molecule has 0 bridgehead atoms. The molecular formula is C14H19BrO3. The van der Waals surface area contributed by atoms with Crippen molar-refractivity contribution in [2.75, 3.05) is 7.11 Å². The molecule has 3 nitrogen and oxygen atoms in total. The Morgan fingerprint density at radius 2 is 2.11 bits per heavy atom. The molecule has 0 aliphatic heterocycles. The summed E-state index contributed by atoms with van der Waals surface area (Å²) in [6, 6.07) is 5.59. The third-order valence-electron chi connectivity index (χ3n) is 3.14. The van der Waals surface area contributed by atoms with Crippen molar-refractivity contribution < 1.29 is 14.6 Å². The fraction of sp³-hybridized carbons (Fsp3) is 0.500. The van der Waals surface area contributed by atoms with Gasteiger partial charge in [0, 0.05) is 6.42 Å². The lowest BCUT2D eigenvalue weighted by Gasteiger charge is -2.25. The highest BCUT2D eigenvalue weighted by Crippen LogP contribution is 2.34. The van der Waals surface area contributed by atoms with Crippen molar-refractivity contribution in [2.24, 2.45) is 0 Å². The van der Waals surface area contributed by atoms with Gasteiger partial charge in [0.1, 0.15) is 5.75 Å². The number of phenolic OH excluding ortho intramolecular Hbond substituents is 1. The summed E-state index contributed by atoms with van der Waals surface area (Å²) in [6.07, 6.45) is 2.07. The highest BCUT2D eigenvalue weighted by atomic mass is 79.9. The molecule has 0 radical (unpaired) electrons. The van der Waals surface area contributed by atoms with Crippen LogP contribution in [-0.2, 0) is 14.9 Å². The van der Waals surface area contributed by atoms with Crippen molar-refractivity contribution in [3.63, 3.8) is 0 Å². The molecule has 0 aliphatic rings. The molecule has 0 unspecified atom stereocenters. The van der Waals surface area contributed by atoms with Gasteiger partial charge in [-0.25, -0.2) is 0 Å². The quantitative estimate of drug-likeness (QED) is 0.841.